The molecule has 0 saturated heterocycles. The second kappa shape index (κ2) is 8.76. The van der Waals surface area contributed by atoms with E-state index in [9.17, 15) is 18.0 Å². The first-order valence-electron chi connectivity index (χ1n) is 8.79. The quantitative estimate of drug-likeness (QED) is 0.433. The van der Waals surface area contributed by atoms with Crippen molar-refractivity contribution in [2.75, 3.05) is 19.4 Å². The van der Waals surface area contributed by atoms with E-state index in [2.05, 4.69) is 5.32 Å². The first-order valence-corrected chi connectivity index (χ1v) is 8.79. The molecule has 0 aliphatic rings. The number of amides is 1. The second-order valence-corrected chi connectivity index (χ2v) is 6.26. The third kappa shape index (κ3) is 4.74. The lowest BCUT2D eigenvalue weighted by atomic mass is 9.94. The Hall–Kier alpha value is -3.36. The Labute approximate surface area is 166 Å². The zero-order chi connectivity index (χ0) is 21.8. The molecule has 1 amide bonds. The molecular weight excluding hydrogens is 385 g/mol. The zero-order valence-electron chi connectivity index (χ0n) is 16.1. The summed E-state index contributed by atoms with van der Waals surface area (Å²) in [5.74, 6) is -0.512. The van der Waals surface area contributed by atoms with Crippen molar-refractivity contribution in [1.82, 2.24) is 5.32 Å². The van der Waals surface area contributed by atoms with Gasteiger partial charge in [0.25, 0.3) is 5.91 Å². The Morgan fingerprint density at radius 3 is 2.41 bits per heavy atom. The molecule has 0 radical (unpaired) electrons. The summed E-state index contributed by atoms with van der Waals surface area (Å²) in [4.78, 5) is 12.1. The van der Waals surface area contributed by atoms with Crippen LogP contribution in [0.15, 0.2) is 42.1 Å². The standard InChI is InChI=1S/C20H23F3N4O2/c1-3-9-27-19(28)18(26)17(25)14-6-4-5-13(16(14)24)12-8-7-11(29-2)10-15(12)20(21,22)23/h4-8,10H,3,9,24-26H2,1-2H3,(H,27,28)/b18-17+. The van der Waals surface area contributed by atoms with E-state index >= 15 is 0 Å². The summed E-state index contributed by atoms with van der Waals surface area (Å²) < 4.78 is 45.7. The number of nitrogens with two attached hydrogens (primary N) is 3. The van der Waals surface area contributed by atoms with Gasteiger partial charge in [0, 0.05) is 23.4 Å². The number of nitrogen functional groups attached to an aromatic ring is 1. The highest BCUT2D eigenvalue weighted by molar-refractivity contribution is 6.01. The van der Waals surface area contributed by atoms with Crippen LogP contribution in [0.5, 0.6) is 5.75 Å². The molecule has 0 heterocycles. The largest absolute Gasteiger partial charge is 0.497 e. The third-order valence-corrected chi connectivity index (χ3v) is 4.29. The van der Waals surface area contributed by atoms with Crippen molar-refractivity contribution in [3.8, 4) is 16.9 Å². The maximum atomic E-state index is 13.6. The summed E-state index contributed by atoms with van der Waals surface area (Å²) in [5.41, 5.74) is 16.8. The van der Waals surface area contributed by atoms with Crippen LogP contribution >= 0.6 is 0 Å². The molecule has 0 saturated carbocycles. The van der Waals surface area contributed by atoms with E-state index < -0.39 is 17.6 Å². The number of alkyl halides is 3. The van der Waals surface area contributed by atoms with Crippen LogP contribution in [-0.4, -0.2) is 19.6 Å². The van der Waals surface area contributed by atoms with E-state index in [-0.39, 0.29) is 39.5 Å². The molecule has 29 heavy (non-hydrogen) atoms. The summed E-state index contributed by atoms with van der Waals surface area (Å²) in [7, 11) is 1.28. The lowest BCUT2D eigenvalue weighted by molar-refractivity contribution is -0.137. The van der Waals surface area contributed by atoms with Gasteiger partial charge in [0.2, 0.25) is 0 Å². The highest BCUT2D eigenvalue weighted by Gasteiger charge is 2.34. The smallest absolute Gasteiger partial charge is 0.417 e. The minimum atomic E-state index is -4.63. The van der Waals surface area contributed by atoms with Crippen LogP contribution in [0.2, 0.25) is 0 Å². The van der Waals surface area contributed by atoms with Crippen LogP contribution in [0.4, 0.5) is 18.9 Å². The number of benzene rings is 2. The van der Waals surface area contributed by atoms with E-state index in [1.165, 1.54) is 37.4 Å². The molecule has 7 N–H and O–H groups in total. The average Bonchev–Trinajstić information content (AvgIpc) is 2.70. The van der Waals surface area contributed by atoms with Crippen LogP contribution in [0, 0.1) is 0 Å². The molecule has 0 unspecified atom stereocenters. The maximum Gasteiger partial charge on any atom is 0.417 e. The van der Waals surface area contributed by atoms with Crippen molar-refractivity contribution in [3.63, 3.8) is 0 Å². The van der Waals surface area contributed by atoms with Crippen LogP contribution in [0.1, 0.15) is 24.5 Å². The maximum absolute atomic E-state index is 13.6. The minimum Gasteiger partial charge on any atom is -0.497 e. The normalized spacial score (nSPS) is 12.3. The number of methoxy groups -OCH3 is 1. The van der Waals surface area contributed by atoms with E-state index in [4.69, 9.17) is 21.9 Å². The molecule has 0 aromatic heterocycles. The Kier molecular flexibility index (Phi) is 6.63. The number of nitrogens with one attached hydrogen (secondary N) is 1. The Morgan fingerprint density at radius 1 is 1.14 bits per heavy atom. The molecule has 156 valence electrons. The number of rotatable bonds is 6. The summed E-state index contributed by atoms with van der Waals surface area (Å²) in [6.07, 6.45) is -3.93. The fourth-order valence-corrected chi connectivity index (χ4v) is 2.76. The molecule has 2 aromatic carbocycles. The van der Waals surface area contributed by atoms with Gasteiger partial charge in [-0.1, -0.05) is 31.2 Å². The number of carbonyl (C=O) groups is 1. The van der Waals surface area contributed by atoms with Crippen LogP contribution in [0.25, 0.3) is 16.8 Å². The lowest BCUT2D eigenvalue weighted by Crippen LogP contribution is -2.31. The highest BCUT2D eigenvalue weighted by Crippen LogP contribution is 2.42. The SMILES string of the molecule is CCCNC(=O)/C(N)=C(\N)c1cccc(-c2ccc(OC)cc2C(F)(F)F)c1N. The van der Waals surface area contributed by atoms with Crippen molar-refractivity contribution < 1.29 is 22.7 Å². The average molecular weight is 408 g/mol. The van der Waals surface area contributed by atoms with Gasteiger partial charge in [0.1, 0.15) is 11.4 Å². The summed E-state index contributed by atoms with van der Waals surface area (Å²) in [6, 6.07) is 8.00. The molecule has 6 nitrogen and oxygen atoms in total. The zero-order valence-corrected chi connectivity index (χ0v) is 16.1. The van der Waals surface area contributed by atoms with Gasteiger partial charge < -0.3 is 27.3 Å². The summed E-state index contributed by atoms with van der Waals surface area (Å²) in [5, 5.41) is 2.58. The first kappa shape index (κ1) is 21.9. The van der Waals surface area contributed by atoms with Gasteiger partial charge >= 0.3 is 6.18 Å². The van der Waals surface area contributed by atoms with Crippen molar-refractivity contribution >= 4 is 17.3 Å². The Bertz CT molecular complexity index is 940. The van der Waals surface area contributed by atoms with Gasteiger partial charge in [-0.2, -0.15) is 13.2 Å². The summed E-state index contributed by atoms with van der Waals surface area (Å²) >= 11 is 0. The van der Waals surface area contributed by atoms with E-state index in [1.54, 1.807) is 0 Å². The van der Waals surface area contributed by atoms with Gasteiger partial charge in [-0.3, -0.25) is 4.79 Å². The van der Waals surface area contributed by atoms with E-state index in [0.717, 1.165) is 6.07 Å². The van der Waals surface area contributed by atoms with Crippen LogP contribution in [-0.2, 0) is 11.0 Å². The number of hydrogen-bond acceptors (Lipinski definition) is 5. The molecule has 2 rings (SSSR count). The molecular formula is C20H23F3N4O2. The van der Waals surface area contributed by atoms with E-state index in [1.807, 2.05) is 6.92 Å². The molecule has 0 spiro atoms. The lowest BCUT2D eigenvalue weighted by Gasteiger charge is -2.18. The molecule has 0 aliphatic carbocycles. The number of anilines is 1. The fraction of sp³-hybridized carbons (Fsp3) is 0.250. The second-order valence-electron chi connectivity index (χ2n) is 6.26. The fourth-order valence-electron chi connectivity index (χ4n) is 2.76. The Balaban J connectivity index is 2.61. The molecule has 0 atom stereocenters. The number of hydrogen-bond donors (Lipinski definition) is 4. The first-order chi connectivity index (χ1) is 13.6. The predicted molar refractivity (Wildman–Crippen MR) is 106 cm³/mol. The number of carbonyl (C=O) groups excluding carboxylic acids is 1. The highest BCUT2D eigenvalue weighted by atomic mass is 19.4. The van der Waals surface area contributed by atoms with Gasteiger partial charge in [-0.15, -0.1) is 0 Å². The number of halogens is 3. The van der Waals surface area contributed by atoms with Gasteiger partial charge in [-0.25, -0.2) is 0 Å². The predicted octanol–water partition coefficient (Wildman–Crippen LogP) is 3.08. The van der Waals surface area contributed by atoms with Crippen molar-refractivity contribution in [2.45, 2.75) is 19.5 Å². The Morgan fingerprint density at radius 2 is 1.83 bits per heavy atom. The van der Waals surface area contributed by atoms with Crippen molar-refractivity contribution in [3.05, 3.63) is 53.2 Å². The molecule has 0 aliphatic heterocycles. The van der Waals surface area contributed by atoms with Crippen molar-refractivity contribution in [2.24, 2.45) is 11.5 Å². The number of ether oxygens (including phenoxy) is 1. The number of para-hydroxylation sites is 1. The molecule has 2 aromatic rings. The third-order valence-electron chi connectivity index (χ3n) is 4.29. The summed E-state index contributed by atoms with van der Waals surface area (Å²) in [6.45, 7) is 2.28. The van der Waals surface area contributed by atoms with Crippen molar-refractivity contribution in [1.29, 1.82) is 0 Å². The molecule has 0 bridgehead atoms. The van der Waals surface area contributed by atoms with Crippen LogP contribution < -0.4 is 27.3 Å². The minimum absolute atomic E-state index is 0.0214. The van der Waals surface area contributed by atoms with Gasteiger partial charge in [0.05, 0.1) is 18.4 Å². The van der Waals surface area contributed by atoms with Crippen LogP contribution in [0.3, 0.4) is 0 Å². The molecule has 9 heteroatoms. The van der Waals surface area contributed by atoms with Gasteiger partial charge in [0.15, 0.2) is 0 Å². The van der Waals surface area contributed by atoms with E-state index in [0.29, 0.717) is 13.0 Å². The monoisotopic (exact) mass is 408 g/mol. The van der Waals surface area contributed by atoms with Gasteiger partial charge in [-0.05, 0) is 24.1 Å². The molecule has 0 fully saturated rings. The topological polar surface area (TPSA) is 116 Å².